The molecule has 0 fully saturated rings. The quantitative estimate of drug-likeness (QED) is 0.514. The zero-order valence-electron chi connectivity index (χ0n) is 8.27. The van der Waals surface area contributed by atoms with Gasteiger partial charge in [0.1, 0.15) is 0 Å². The Kier molecular flexibility index (Phi) is 111. The van der Waals surface area contributed by atoms with Gasteiger partial charge in [-0.25, -0.2) is 30.7 Å². The maximum absolute atomic E-state index is 10.1. The molecule has 0 aromatic heterocycles. The molecule has 0 unspecified atom stereocenters. The summed E-state index contributed by atoms with van der Waals surface area (Å²) in [5.41, 5.74) is 0. The molecule has 0 amide bonds. The number of rotatable bonds is 1. The van der Waals surface area contributed by atoms with Crippen molar-refractivity contribution >= 4 is 0 Å². The molecule has 20 heavy (non-hydrogen) atoms. The lowest BCUT2D eigenvalue weighted by atomic mass is 11.5. The van der Waals surface area contributed by atoms with Crippen LogP contribution in [0, 0.1) is 0 Å². The highest BCUT2D eigenvalue weighted by molar-refractivity contribution is 4.08. The molecule has 0 aliphatic rings. The summed E-state index contributed by atoms with van der Waals surface area (Å²) >= 11 is 0. The first-order valence-corrected chi connectivity index (χ1v) is 3.07. The molecule has 0 atom stereocenters. The van der Waals surface area contributed by atoms with Crippen LogP contribution >= 0.6 is 0 Å². The van der Waals surface area contributed by atoms with Crippen molar-refractivity contribution in [1.29, 1.82) is 0 Å². The van der Waals surface area contributed by atoms with E-state index in [1.165, 1.54) is 0 Å². The van der Waals surface area contributed by atoms with Gasteiger partial charge in [-0.2, -0.15) is 4.94 Å². The van der Waals surface area contributed by atoms with Crippen molar-refractivity contribution in [3.63, 3.8) is 0 Å². The lowest BCUT2D eigenvalue weighted by Crippen LogP contribution is -1.92. The van der Waals surface area contributed by atoms with Crippen LogP contribution in [0.4, 0.5) is 52.8 Å². The molecule has 0 saturated heterocycles. The summed E-state index contributed by atoms with van der Waals surface area (Å²) in [5, 5.41) is 0. The lowest BCUT2D eigenvalue weighted by Gasteiger charge is -1.82. The predicted molar refractivity (Wildman–Crippen MR) is 50.0 cm³/mol. The molecule has 13 heteroatoms. The Morgan fingerprint density at radius 1 is 0.600 bits per heavy atom. The Morgan fingerprint density at radius 2 is 0.650 bits per heavy atom. The smallest absolute Gasteiger partial charge is 0.216 e. The maximum Gasteiger partial charge on any atom is 0.559 e. The van der Waals surface area contributed by atoms with Crippen LogP contribution in [0.15, 0.2) is 0 Å². The lowest BCUT2D eigenvalue weighted by molar-refractivity contribution is -0.237. The van der Waals surface area contributed by atoms with Crippen LogP contribution in [0.3, 0.4) is 0 Å². The predicted octanol–water partition coefficient (Wildman–Crippen LogP) is 6.21. The van der Waals surface area contributed by atoms with E-state index in [0.29, 0.717) is 0 Å². The Bertz CT molecular complexity index is 77.6. The van der Waals surface area contributed by atoms with Gasteiger partial charge in [-0.3, -0.25) is 0 Å². The van der Waals surface area contributed by atoms with Crippen LogP contribution < -0.4 is 0 Å². The Morgan fingerprint density at radius 3 is 0.650 bits per heavy atom. The van der Waals surface area contributed by atoms with Crippen molar-refractivity contribution in [3.8, 4) is 0 Å². The standard InChI is InChI=1S/CF4.CH2F2O.3CH2F2.2CH4/c2-1(3,4)5;2-1-4-3;3*2-1-3;;/h;1H2;3*1H2;2*1H4. The first kappa shape index (κ1) is 42.7. The summed E-state index contributed by atoms with van der Waals surface area (Å²) < 4.78 is 116. The van der Waals surface area contributed by atoms with Crippen LogP contribution in [0.5, 0.6) is 0 Å². The molecular formula is C7H16F12O. The second-order valence-corrected chi connectivity index (χ2v) is 0.950. The van der Waals surface area contributed by atoms with Gasteiger partial charge in [0.2, 0.25) is 27.6 Å². The van der Waals surface area contributed by atoms with Gasteiger partial charge in [-0.15, -0.1) is 17.6 Å². The fourth-order valence-electron chi connectivity index (χ4n) is 0. The van der Waals surface area contributed by atoms with Crippen molar-refractivity contribution in [2.24, 2.45) is 0 Å². The zero-order chi connectivity index (χ0) is 16.0. The molecule has 0 aliphatic heterocycles. The molecule has 0 aliphatic carbocycles. The van der Waals surface area contributed by atoms with E-state index in [9.17, 15) is 52.8 Å². The van der Waals surface area contributed by atoms with E-state index < -0.39 is 34.1 Å². The second-order valence-electron chi connectivity index (χ2n) is 0.950. The average Bonchev–Trinajstić information content (AvgIpc) is 2.18. The molecule has 0 rings (SSSR count). The number of alkyl halides is 11. The zero-order valence-corrected chi connectivity index (χ0v) is 8.27. The van der Waals surface area contributed by atoms with E-state index in [-0.39, 0.29) is 14.9 Å². The summed E-state index contributed by atoms with van der Waals surface area (Å²) in [4.78, 5) is 2.38. The third-order valence-electron chi connectivity index (χ3n) is 0.0412. The van der Waals surface area contributed by atoms with Gasteiger partial charge in [-0.1, -0.05) is 14.9 Å². The highest BCUT2D eigenvalue weighted by Gasteiger charge is 2.24. The van der Waals surface area contributed by atoms with Crippen molar-refractivity contribution in [2.75, 3.05) is 27.6 Å². The van der Waals surface area contributed by atoms with Gasteiger partial charge in [0.05, 0.1) is 0 Å². The summed E-state index contributed by atoms with van der Waals surface area (Å²) in [6.45, 7) is -6.60. The fourth-order valence-corrected chi connectivity index (χ4v) is 0. The highest BCUT2D eigenvalue weighted by Crippen LogP contribution is 2.13. The summed E-state index contributed by atoms with van der Waals surface area (Å²) in [5.74, 6) is 0. The van der Waals surface area contributed by atoms with E-state index in [4.69, 9.17) is 0 Å². The molecule has 0 spiro atoms. The van der Waals surface area contributed by atoms with Gasteiger partial charge in [-0.05, 0) is 4.53 Å². The fraction of sp³-hybridized carbons (Fsp3) is 1.00. The first-order chi connectivity index (χ1) is 8.16. The third-order valence-corrected chi connectivity index (χ3v) is 0.0412. The summed E-state index contributed by atoms with van der Waals surface area (Å²) in [7, 11) is 0. The molecule has 0 heterocycles. The second kappa shape index (κ2) is 51.9. The molecule has 0 bridgehead atoms. The number of halogens is 12. The van der Waals surface area contributed by atoms with Gasteiger partial charge >= 0.3 is 6.43 Å². The summed E-state index contributed by atoms with van der Waals surface area (Å²) in [6, 6.07) is 0. The molecule has 0 aromatic rings. The topological polar surface area (TPSA) is 9.23 Å². The molecular weight excluding hydrogens is 328 g/mol. The number of hydrogen-bond donors (Lipinski definition) is 0. The maximum atomic E-state index is 10.1. The Labute approximate surface area is 108 Å². The highest BCUT2D eigenvalue weighted by atomic mass is 19.5. The van der Waals surface area contributed by atoms with E-state index in [1.54, 1.807) is 0 Å². The Balaban J connectivity index is -0.0000000210. The van der Waals surface area contributed by atoms with Crippen LogP contribution in [-0.2, 0) is 4.94 Å². The minimum Gasteiger partial charge on any atom is -0.216 e. The average molecular weight is 344 g/mol. The van der Waals surface area contributed by atoms with Crippen LogP contribution in [0.1, 0.15) is 14.9 Å². The normalized spacial score (nSPS) is 7.20. The van der Waals surface area contributed by atoms with Crippen LogP contribution in [-0.4, -0.2) is 34.1 Å². The van der Waals surface area contributed by atoms with E-state index in [1.807, 2.05) is 0 Å². The van der Waals surface area contributed by atoms with Crippen molar-refractivity contribution in [2.45, 2.75) is 21.3 Å². The monoisotopic (exact) mass is 344 g/mol. The van der Waals surface area contributed by atoms with Crippen molar-refractivity contribution < 1.29 is 57.8 Å². The molecule has 1 nitrogen and oxygen atoms in total. The van der Waals surface area contributed by atoms with Crippen molar-refractivity contribution in [3.05, 3.63) is 0 Å². The van der Waals surface area contributed by atoms with Gasteiger partial charge in [0.15, 0.2) is 0 Å². The number of hydrogen-bond acceptors (Lipinski definition) is 1. The summed E-state index contributed by atoms with van der Waals surface area (Å²) in [6.07, 6.45) is -5.50. The van der Waals surface area contributed by atoms with E-state index in [2.05, 4.69) is 4.94 Å². The van der Waals surface area contributed by atoms with Gasteiger partial charge < -0.3 is 0 Å². The SMILES string of the molecule is C.C.FC(F)(F)F.FCF.FCF.FCF.FCOF. The van der Waals surface area contributed by atoms with Crippen molar-refractivity contribution in [1.82, 2.24) is 0 Å². The minimum atomic E-state index is -5.50. The van der Waals surface area contributed by atoms with Crippen LogP contribution in [0.25, 0.3) is 0 Å². The molecule has 0 saturated carbocycles. The van der Waals surface area contributed by atoms with Crippen LogP contribution in [0.2, 0.25) is 0 Å². The largest absolute Gasteiger partial charge is 0.559 e. The van der Waals surface area contributed by atoms with Gasteiger partial charge in [0, 0.05) is 0 Å². The molecule has 0 aromatic carbocycles. The molecule has 134 valence electrons. The van der Waals surface area contributed by atoms with E-state index >= 15 is 0 Å². The minimum absolute atomic E-state index is 0. The Hall–Kier alpha value is -0.880. The van der Waals surface area contributed by atoms with Gasteiger partial charge in [0.25, 0.3) is 0 Å². The molecule has 0 N–H and O–H groups in total. The third kappa shape index (κ3) is 309000. The molecule has 0 radical (unpaired) electrons. The van der Waals surface area contributed by atoms with E-state index in [0.717, 1.165) is 0 Å². The first-order valence-electron chi connectivity index (χ1n) is 3.07.